The first kappa shape index (κ1) is 19.3. The third-order valence-corrected chi connectivity index (χ3v) is 4.20. The number of carbonyl (C=O) groups is 3. The van der Waals surface area contributed by atoms with Crippen LogP contribution >= 0.6 is 23.4 Å². The molecule has 0 bridgehead atoms. The Morgan fingerprint density at radius 3 is 2.60 bits per heavy atom. The molecule has 1 aromatic rings. The summed E-state index contributed by atoms with van der Waals surface area (Å²) < 4.78 is 10.4. The number of imide groups is 1. The number of ether oxygens (including phenoxy) is 2. The predicted octanol–water partition coefficient (Wildman–Crippen LogP) is 3.73. The molecule has 1 aliphatic heterocycles. The number of carbonyl (C=O) groups excluding carboxylic acids is 3. The molecule has 0 radical (unpaired) electrons. The largest absolute Gasteiger partial charge is 0.496 e. The van der Waals surface area contributed by atoms with Crippen LogP contribution in [-0.2, 0) is 14.3 Å². The van der Waals surface area contributed by atoms with Crippen molar-refractivity contribution in [2.45, 2.75) is 26.4 Å². The van der Waals surface area contributed by atoms with Gasteiger partial charge in [0.05, 0.1) is 12.0 Å². The summed E-state index contributed by atoms with van der Waals surface area (Å²) in [6.07, 6.45) is 1.52. The Hall–Kier alpha value is -1.99. The average molecular weight is 384 g/mol. The fourth-order valence-corrected chi connectivity index (χ4v) is 3.11. The van der Waals surface area contributed by atoms with E-state index in [0.29, 0.717) is 16.3 Å². The zero-order valence-corrected chi connectivity index (χ0v) is 15.9. The number of methoxy groups -OCH3 is 1. The quantitative estimate of drug-likeness (QED) is 0.582. The van der Waals surface area contributed by atoms with E-state index in [0.717, 1.165) is 16.7 Å². The van der Waals surface area contributed by atoms with Crippen molar-refractivity contribution in [3.63, 3.8) is 0 Å². The molecule has 134 valence electrons. The highest BCUT2D eigenvalue weighted by Gasteiger charge is 2.37. The minimum atomic E-state index is -0.692. The molecule has 0 aliphatic carbocycles. The molecule has 0 saturated carbocycles. The molecule has 0 N–H and O–H groups in total. The maximum Gasteiger partial charge on any atom is 0.326 e. The van der Waals surface area contributed by atoms with E-state index in [-0.39, 0.29) is 4.91 Å². The first-order valence-corrected chi connectivity index (χ1v) is 8.61. The number of benzene rings is 1. The van der Waals surface area contributed by atoms with Gasteiger partial charge in [-0.3, -0.25) is 19.3 Å². The fraction of sp³-hybridized carbons (Fsp3) is 0.353. The third kappa shape index (κ3) is 4.99. The van der Waals surface area contributed by atoms with Gasteiger partial charge in [0, 0.05) is 10.6 Å². The van der Waals surface area contributed by atoms with E-state index in [4.69, 9.17) is 21.1 Å². The van der Waals surface area contributed by atoms with Crippen LogP contribution in [0.1, 0.15) is 26.3 Å². The molecule has 8 heteroatoms. The van der Waals surface area contributed by atoms with Gasteiger partial charge in [-0.15, -0.1) is 0 Å². The van der Waals surface area contributed by atoms with Crippen molar-refractivity contribution < 1.29 is 23.9 Å². The van der Waals surface area contributed by atoms with Crippen molar-refractivity contribution in [1.29, 1.82) is 0 Å². The number of halogens is 1. The summed E-state index contributed by atoms with van der Waals surface area (Å²) in [6, 6.07) is 4.95. The van der Waals surface area contributed by atoms with E-state index in [2.05, 4.69) is 0 Å². The lowest BCUT2D eigenvalue weighted by Gasteiger charge is -2.21. The van der Waals surface area contributed by atoms with Crippen LogP contribution in [0, 0.1) is 0 Å². The summed E-state index contributed by atoms with van der Waals surface area (Å²) in [5.41, 5.74) is -0.124. The second-order valence-electron chi connectivity index (χ2n) is 6.24. The molecular formula is C17H18ClNO5S. The zero-order chi connectivity index (χ0) is 18.8. The Balaban J connectivity index is 2.21. The summed E-state index contributed by atoms with van der Waals surface area (Å²) in [5.74, 6) is -0.678. The molecule has 0 atom stereocenters. The van der Waals surface area contributed by atoms with Crippen LogP contribution in [0.5, 0.6) is 5.75 Å². The van der Waals surface area contributed by atoms with E-state index in [1.165, 1.54) is 13.2 Å². The summed E-state index contributed by atoms with van der Waals surface area (Å²) in [4.78, 5) is 37.4. The molecule has 1 saturated heterocycles. The minimum absolute atomic E-state index is 0.189. The van der Waals surface area contributed by atoms with Crippen molar-refractivity contribution in [3.05, 3.63) is 33.7 Å². The number of hydrogen-bond donors (Lipinski definition) is 0. The Labute approximate surface area is 155 Å². The van der Waals surface area contributed by atoms with Crippen molar-refractivity contribution in [1.82, 2.24) is 4.90 Å². The topological polar surface area (TPSA) is 72.9 Å². The van der Waals surface area contributed by atoms with Gasteiger partial charge in [-0.2, -0.15) is 0 Å². The molecule has 0 unspecified atom stereocenters. The van der Waals surface area contributed by atoms with Gasteiger partial charge in [0.2, 0.25) is 0 Å². The van der Waals surface area contributed by atoms with Gasteiger partial charge in [-0.1, -0.05) is 11.6 Å². The van der Waals surface area contributed by atoms with Crippen molar-refractivity contribution >= 4 is 46.6 Å². The van der Waals surface area contributed by atoms with Crippen LogP contribution in [0.2, 0.25) is 5.02 Å². The van der Waals surface area contributed by atoms with E-state index in [1.54, 1.807) is 39.0 Å². The Morgan fingerprint density at radius 2 is 2.00 bits per heavy atom. The first-order valence-electron chi connectivity index (χ1n) is 7.41. The summed E-state index contributed by atoms with van der Waals surface area (Å²) in [6.45, 7) is 4.71. The summed E-state index contributed by atoms with van der Waals surface area (Å²) in [5, 5.41) is -0.0527. The van der Waals surface area contributed by atoms with Crippen LogP contribution in [0.15, 0.2) is 23.1 Å². The predicted molar refractivity (Wildman–Crippen MR) is 96.5 cm³/mol. The normalized spacial score (nSPS) is 16.5. The van der Waals surface area contributed by atoms with Crippen LogP contribution in [0.3, 0.4) is 0 Å². The van der Waals surface area contributed by atoms with Gasteiger partial charge in [0.1, 0.15) is 17.9 Å². The molecule has 25 heavy (non-hydrogen) atoms. The lowest BCUT2D eigenvalue weighted by Crippen LogP contribution is -2.37. The van der Waals surface area contributed by atoms with Crippen molar-refractivity contribution in [3.8, 4) is 5.75 Å². The molecule has 1 heterocycles. The molecule has 6 nitrogen and oxygen atoms in total. The monoisotopic (exact) mass is 383 g/mol. The Morgan fingerprint density at radius 1 is 1.32 bits per heavy atom. The minimum Gasteiger partial charge on any atom is -0.496 e. The van der Waals surface area contributed by atoms with Crippen LogP contribution in [0.4, 0.5) is 4.79 Å². The number of thioether (sulfide) groups is 1. The molecule has 1 fully saturated rings. The van der Waals surface area contributed by atoms with Crippen molar-refractivity contribution in [2.24, 2.45) is 0 Å². The second-order valence-corrected chi connectivity index (χ2v) is 7.67. The number of rotatable bonds is 4. The summed E-state index contributed by atoms with van der Waals surface area (Å²) in [7, 11) is 1.49. The van der Waals surface area contributed by atoms with Gasteiger partial charge in [0.15, 0.2) is 0 Å². The molecule has 1 aliphatic rings. The van der Waals surface area contributed by atoms with Gasteiger partial charge in [-0.05, 0) is 56.8 Å². The van der Waals surface area contributed by atoms with E-state index >= 15 is 0 Å². The highest BCUT2D eigenvalue weighted by atomic mass is 35.5. The fourth-order valence-electron chi connectivity index (χ4n) is 2.10. The van der Waals surface area contributed by atoms with E-state index < -0.39 is 29.3 Å². The number of amides is 2. The van der Waals surface area contributed by atoms with Gasteiger partial charge in [0.25, 0.3) is 11.1 Å². The molecule has 0 spiro atoms. The number of esters is 1. The SMILES string of the molecule is COc1ccc(Cl)cc1C=C1SC(=O)N(CC(=O)OC(C)(C)C)C1=O. The van der Waals surface area contributed by atoms with Crippen LogP contribution < -0.4 is 4.74 Å². The average Bonchev–Trinajstić information content (AvgIpc) is 2.73. The van der Waals surface area contributed by atoms with Crippen LogP contribution in [-0.4, -0.2) is 41.3 Å². The Kier molecular flexibility index (Phi) is 5.80. The highest BCUT2D eigenvalue weighted by molar-refractivity contribution is 8.18. The Bertz CT molecular complexity index is 754. The second kappa shape index (κ2) is 7.49. The van der Waals surface area contributed by atoms with Crippen molar-refractivity contribution in [2.75, 3.05) is 13.7 Å². The summed E-state index contributed by atoms with van der Waals surface area (Å²) >= 11 is 6.72. The molecule has 1 aromatic carbocycles. The first-order chi connectivity index (χ1) is 11.6. The zero-order valence-electron chi connectivity index (χ0n) is 14.3. The van der Waals surface area contributed by atoms with Gasteiger partial charge in [-0.25, -0.2) is 0 Å². The van der Waals surface area contributed by atoms with Crippen LogP contribution in [0.25, 0.3) is 6.08 Å². The third-order valence-electron chi connectivity index (χ3n) is 3.06. The number of hydrogen-bond acceptors (Lipinski definition) is 6. The smallest absolute Gasteiger partial charge is 0.326 e. The molecule has 2 rings (SSSR count). The maximum absolute atomic E-state index is 12.4. The molecule has 2 amide bonds. The van der Waals surface area contributed by atoms with Gasteiger partial charge < -0.3 is 9.47 Å². The number of nitrogens with zero attached hydrogens (tertiary/aromatic N) is 1. The van der Waals surface area contributed by atoms with Gasteiger partial charge >= 0.3 is 5.97 Å². The van der Waals surface area contributed by atoms with E-state index in [9.17, 15) is 14.4 Å². The standard InChI is InChI=1S/C17H18ClNO5S/c1-17(2,3)24-14(20)9-19-15(21)13(25-16(19)22)8-10-7-11(18)5-6-12(10)23-4/h5-8H,9H2,1-4H3. The molecule has 0 aromatic heterocycles. The van der Waals surface area contributed by atoms with E-state index in [1.807, 2.05) is 0 Å². The molecular weight excluding hydrogens is 366 g/mol. The lowest BCUT2D eigenvalue weighted by atomic mass is 10.2. The highest BCUT2D eigenvalue weighted by Crippen LogP contribution is 2.34. The maximum atomic E-state index is 12.4. The lowest BCUT2D eigenvalue weighted by molar-refractivity contribution is -0.156.